The van der Waals surface area contributed by atoms with Crippen LogP contribution in [-0.4, -0.2) is 25.0 Å². The van der Waals surface area contributed by atoms with Crippen molar-refractivity contribution in [3.8, 4) is 0 Å². The maximum atomic E-state index is 8.88. The highest BCUT2D eigenvalue weighted by Gasteiger charge is 2.06. The molecule has 0 saturated heterocycles. The molecular weight excluding hydrogens is 158 g/mol. The summed E-state index contributed by atoms with van der Waals surface area (Å²) in [5.74, 6) is 0.124. The van der Waals surface area contributed by atoms with Crippen LogP contribution in [0.5, 0.6) is 0 Å². The zero-order chi connectivity index (χ0) is 8.55. The Bertz CT molecular complexity index is 409. The molecule has 0 saturated carbocycles. The number of nitrogens with one attached hydrogen (secondary N) is 1. The molecule has 0 bridgehead atoms. The quantitative estimate of drug-likeness (QED) is 0.525. The zero-order valence-corrected chi connectivity index (χ0v) is 6.15. The topological polar surface area (TPSA) is 101 Å². The molecular formula is C6H7N5O. The van der Waals surface area contributed by atoms with Crippen molar-refractivity contribution in [2.75, 3.05) is 5.73 Å². The Morgan fingerprint density at radius 2 is 2.33 bits per heavy atom. The molecule has 0 spiro atoms. The van der Waals surface area contributed by atoms with Crippen molar-refractivity contribution < 1.29 is 5.11 Å². The number of nitrogens with two attached hydrogens (primary N) is 1. The Balaban J connectivity index is 2.80. The fraction of sp³-hybridized carbons (Fsp3) is 0.167. The number of aliphatic hydroxyl groups is 1. The second-order valence-corrected chi connectivity index (χ2v) is 2.29. The molecule has 0 radical (unpaired) electrons. The van der Waals surface area contributed by atoms with Crippen molar-refractivity contribution in [3.05, 3.63) is 12.0 Å². The Morgan fingerprint density at radius 1 is 1.50 bits per heavy atom. The highest BCUT2D eigenvalue weighted by atomic mass is 16.3. The van der Waals surface area contributed by atoms with Gasteiger partial charge in [0, 0.05) is 0 Å². The fourth-order valence-corrected chi connectivity index (χ4v) is 1.03. The van der Waals surface area contributed by atoms with E-state index in [4.69, 9.17) is 10.8 Å². The summed E-state index contributed by atoms with van der Waals surface area (Å²) >= 11 is 0. The van der Waals surface area contributed by atoms with Crippen molar-refractivity contribution in [1.29, 1.82) is 0 Å². The van der Waals surface area contributed by atoms with E-state index in [0.717, 1.165) is 0 Å². The van der Waals surface area contributed by atoms with E-state index in [1.54, 1.807) is 0 Å². The number of hydrogen-bond acceptors (Lipinski definition) is 5. The standard InChI is InChI=1S/C6H7N5O/c7-6-10-3(1-12)4-5(11-6)9-2-8-4/h2,12H,1H2,(H3,7,8,9,10,11). The van der Waals surface area contributed by atoms with Crippen LogP contribution in [0.3, 0.4) is 0 Å². The van der Waals surface area contributed by atoms with Gasteiger partial charge in [-0.25, -0.2) is 9.97 Å². The third-order valence-corrected chi connectivity index (χ3v) is 1.53. The largest absolute Gasteiger partial charge is 0.390 e. The van der Waals surface area contributed by atoms with Crippen LogP contribution in [0.15, 0.2) is 6.33 Å². The van der Waals surface area contributed by atoms with Gasteiger partial charge in [-0.05, 0) is 0 Å². The molecule has 2 aromatic rings. The fourth-order valence-electron chi connectivity index (χ4n) is 1.03. The number of anilines is 1. The van der Waals surface area contributed by atoms with Gasteiger partial charge in [0.05, 0.1) is 18.6 Å². The maximum Gasteiger partial charge on any atom is 0.222 e. The summed E-state index contributed by atoms with van der Waals surface area (Å²) in [6.07, 6.45) is 1.48. The molecule has 0 aromatic carbocycles. The number of nitrogen functional groups attached to an aromatic ring is 1. The molecule has 12 heavy (non-hydrogen) atoms. The molecule has 0 fully saturated rings. The van der Waals surface area contributed by atoms with Crippen LogP contribution in [0.2, 0.25) is 0 Å². The van der Waals surface area contributed by atoms with Gasteiger partial charge in [0.25, 0.3) is 0 Å². The predicted octanol–water partition coefficient (Wildman–Crippen LogP) is -0.573. The molecule has 0 amide bonds. The van der Waals surface area contributed by atoms with Crippen LogP contribution in [0, 0.1) is 0 Å². The van der Waals surface area contributed by atoms with Gasteiger partial charge in [-0.1, -0.05) is 0 Å². The highest BCUT2D eigenvalue weighted by molar-refractivity contribution is 5.73. The van der Waals surface area contributed by atoms with Crippen LogP contribution >= 0.6 is 0 Å². The number of nitrogens with zero attached hydrogens (tertiary/aromatic N) is 3. The lowest BCUT2D eigenvalue weighted by Gasteiger charge is -1.97. The highest BCUT2D eigenvalue weighted by Crippen LogP contribution is 2.11. The van der Waals surface area contributed by atoms with Gasteiger partial charge in [0.2, 0.25) is 5.95 Å². The molecule has 0 unspecified atom stereocenters. The first-order chi connectivity index (χ1) is 5.81. The maximum absolute atomic E-state index is 8.88. The number of hydrogen-bond donors (Lipinski definition) is 3. The van der Waals surface area contributed by atoms with E-state index < -0.39 is 0 Å². The van der Waals surface area contributed by atoms with Gasteiger partial charge in [0.1, 0.15) is 5.52 Å². The number of fused-ring (bicyclic) bond motifs is 1. The average Bonchev–Trinajstić information content (AvgIpc) is 2.50. The van der Waals surface area contributed by atoms with Gasteiger partial charge in [0.15, 0.2) is 5.65 Å². The Morgan fingerprint density at radius 3 is 3.08 bits per heavy atom. The number of H-pyrrole nitrogens is 1. The number of rotatable bonds is 1. The molecule has 0 aliphatic carbocycles. The van der Waals surface area contributed by atoms with E-state index >= 15 is 0 Å². The summed E-state index contributed by atoms with van der Waals surface area (Å²) in [6.45, 7) is -0.175. The second-order valence-electron chi connectivity index (χ2n) is 2.29. The summed E-state index contributed by atoms with van der Waals surface area (Å²) in [6, 6.07) is 0. The third-order valence-electron chi connectivity index (χ3n) is 1.53. The minimum atomic E-state index is -0.175. The van der Waals surface area contributed by atoms with Crippen LogP contribution < -0.4 is 5.73 Å². The van der Waals surface area contributed by atoms with Crippen molar-refractivity contribution in [2.24, 2.45) is 0 Å². The van der Waals surface area contributed by atoms with Gasteiger partial charge in [-0.2, -0.15) is 4.98 Å². The van der Waals surface area contributed by atoms with Crippen LogP contribution in [0.4, 0.5) is 5.95 Å². The Kier molecular flexibility index (Phi) is 1.41. The molecule has 2 aromatic heterocycles. The van der Waals surface area contributed by atoms with E-state index in [0.29, 0.717) is 16.9 Å². The van der Waals surface area contributed by atoms with E-state index in [1.807, 2.05) is 0 Å². The van der Waals surface area contributed by atoms with Gasteiger partial charge in [-0.15, -0.1) is 0 Å². The summed E-state index contributed by atoms with van der Waals surface area (Å²) in [4.78, 5) is 14.4. The first kappa shape index (κ1) is 6.99. The van der Waals surface area contributed by atoms with E-state index in [9.17, 15) is 0 Å². The van der Waals surface area contributed by atoms with E-state index in [-0.39, 0.29) is 12.6 Å². The predicted molar refractivity (Wildman–Crippen MR) is 42.0 cm³/mol. The molecule has 0 aliphatic rings. The first-order valence-corrected chi connectivity index (χ1v) is 3.37. The van der Waals surface area contributed by atoms with Gasteiger partial charge < -0.3 is 15.8 Å². The van der Waals surface area contributed by atoms with Crippen molar-refractivity contribution in [3.63, 3.8) is 0 Å². The molecule has 0 atom stereocenters. The monoisotopic (exact) mass is 165 g/mol. The lowest BCUT2D eigenvalue weighted by molar-refractivity contribution is 0.278. The summed E-state index contributed by atoms with van der Waals surface area (Å²) < 4.78 is 0. The molecule has 62 valence electrons. The number of imidazole rings is 1. The SMILES string of the molecule is Nc1nc(CO)c2[nH]cnc2n1. The second kappa shape index (κ2) is 2.42. The third kappa shape index (κ3) is 0.892. The molecule has 6 heteroatoms. The van der Waals surface area contributed by atoms with Crippen LogP contribution in [0.25, 0.3) is 11.2 Å². The first-order valence-electron chi connectivity index (χ1n) is 3.37. The molecule has 2 heterocycles. The van der Waals surface area contributed by atoms with Crippen LogP contribution in [-0.2, 0) is 6.61 Å². The van der Waals surface area contributed by atoms with Gasteiger partial charge in [-0.3, -0.25) is 0 Å². The molecule has 6 nitrogen and oxygen atoms in total. The Labute approximate surface area is 67.5 Å². The van der Waals surface area contributed by atoms with Crippen LogP contribution in [0.1, 0.15) is 5.69 Å². The Hall–Kier alpha value is -1.69. The number of aliphatic hydroxyl groups excluding tert-OH is 1. The van der Waals surface area contributed by atoms with Crippen molar-refractivity contribution in [1.82, 2.24) is 19.9 Å². The summed E-state index contributed by atoms with van der Waals surface area (Å²) in [5.41, 5.74) is 6.95. The summed E-state index contributed by atoms with van der Waals surface area (Å²) in [5, 5.41) is 8.88. The minimum absolute atomic E-state index is 0.124. The molecule has 4 N–H and O–H groups in total. The molecule has 2 rings (SSSR count). The molecule has 0 aliphatic heterocycles. The minimum Gasteiger partial charge on any atom is -0.390 e. The summed E-state index contributed by atoms with van der Waals surface area (Å²) in [7, 11) is 0. The number of aromatic amines is 1. The van der Waals surface area contributed by atoms with Crippen molar-refractivity contribution in [2.45, 2.75) is 6.61 Å². The van der Waals surface area contributed by atoms with E-state index in [2.05, 4.69) is 19.9 Å². The normalized spacial score (nSPS) is 10.8. The number of aromatic nitrogens is 4. The lowest BCUT2D eigenvalue weighted by atomic mass is 10.4. The van der Waals surface area contributed by atoms with Gasteiger partial charge >= 0.3 is 0 Å². The van der Waals surface area contributed by atoms with E-state index in [1.165, 1.54) is 6.33 Å². The average molecular weight is 165 g/mol. The van der Waals surface area contributed by atoms with Crippen molar-refractivity contribution >= 4 is 17.1 Å². The zero-order valence-electron chi connectivity index (χ0n) is 6.15. The lowest BCUT2D eigenvalue weighted by Crippen LogP contribution is -2.00. The smallest absolute Gasteiger partial charge is 0.222 e.